The summed E-state index contributed by atoms with van der Waals surface area (Å²) in [5, 5.41) is 0. The van der Waals surface area contributed by atoms with E-state index in [0.29, 0.717) is 19.1 Å². The summed E-state index contributed by atoms with van der Waals surface area (Å²) in [4.78, 5) is 14.0. The standard InChI is InChI=1S/C15H21NO2/c1-11(2)12-5-7-13(8-6-12)16(4)14(17)15(3)9-18-10-15/h5-8,11H,9-10H2,1-4H3. The van der Waals surface area contributed by atoms with Crippen LogP contribution in [0.15, 0.2) is 24.3 Å². The highest BCUT2D eigenvalue weighted by atomic mass is 16.5. The van der Waals surface area contributed by atoms with E-state index >= 15 is 0 Å². The quantitative estimate of drug-likeness (QED) is 0.822. The van der Waals surface area contributed by atoms with Crippen LogP contribution in [-0.2, 0) is 9.53 Å². The van der Waals surface area contributed by atoms with Crippen LogP contribution in [0.25, 0.3) is 0 Å². The minimum Gasteiger partial charge on any atom is -0.379 e. The summed E-state index contributed by atoms with van der Waals surface area (Å²) in [6.07, 6.45) is 0. The molecular formula is C15H21NO2. The molecule has 2 rings (SSSR count). The molecule has 1 aromatic carbocycles. The van der Waals surface area contributed by atoms with Crippen molar-refractivity contribution in [3.05, 3.63) is 29.8 Å². The zero-order valence-corrected chi connectivity index (χ0v) is 11.6. The third kappa shape index (κ3) is 2.27. The maximum absolute atomic E-state index is 12.3. The van der Waals surface area contributed by atoms with Crippen LogP contribution in [-0.4, -0.2) is 26.2 Å². The van der Waals surface area contributed by atoms with Crippen LogP contribution in [0, 0.1) is 5.41 Å². The number of anilines is 1. The highest BCUT2D eigenvalue weighted by Gasteiger charge is 2.43. The van der Waals surface area contributed by atoms with Gasteiger partial charge in [-0.25, -0.2) is 0 Å². The second kappa shape index (κ2) is 4.73. The van der Waals surface area contributed by atoms with Gasteiger partial charge in [0, 0.05) is 12.7 Å². The number of nitrogens with zero attached hydrogens (tertiary/aromatic N) is 1. The fourth-order valence-electron chi connectivity index (χ4n) is 2.14. The molecule has 1 aliphatic heterocycles. The molecule has 3 heteroatoms. The summed E-state index contributed by atoms with van der Waals surface area (Å²) in [5.74, 6) is 0.642. The molecule has 1 aromatic rings. The monoisotopic (exact) mass is 247 g/mol. The number of benzene rings is 1. The van der Waals surface area contributed by atoms with Gasteiger partial charge in [-0.1, -0.05) is 26.0 Å². The first-order valence-electron chi connectivity index (χ1n) is 6.40. The first-order valence-corrected chi connectivity index (χ1v) is 6.40. The summed E-state index contributed by atoms with van der Waals surface area (Å²) in [7, 11) is 1.83. The van der Waals surface area contributed by atoms with Crippen molar-refractivity contribution in [3.63, 3.8) is 0 Å². The van der Waals surface area contributed by atoms with Crippen LogP contribution in [0.2, 0.25) is 0 Å². The van der Waals surface area contributed by atoms with Crippen LogP contribution in [0.3, 0.4) is 0 Å². The highest BCUT2D eigenvalue weighted by molar-refractivity contribution is 5.97. The molecule has 0 unspecified atom stereocenters. The SMILES string of the molecule is CC(C)c1ccc(N(C)C(=O)C2(C)COC2)cc1. The van der Waals surface area contributed by atoms with E-state index in [0.717, 1.165) is 5.69 Å². The lowest BCUT2D eigenvalue weighted by Gasteiger charge is -2.39. The van der Waals surface area contributed by atoms with Crippen LogP contribution in [0.1, 0.15) is 32.3 Å². The smallest absolute Gasteiger partial charge is 0.237 e. The average Bonchev–Trinajstić information content (AvgIpc) is 2.34. The molecule has 18 heavy (non-hydrogen) atoms. The number of amides is 1. The lowest BCUT2D eigenvalue weighted by atomic mass is 9.87. The molecule has 0 atom stereocenters. The predicted molar refractivity (Wildman–Crippen MR) is 72.9 cm³/mol. The van der Waals surface area contributed by atoms with Gasteiger partial charge in [0.25, 0.3) is 0 Å². The van der Waals surface area contributed by atoms with E-state index in [1.807, 2.05) is 26.1 Å². The van der Waals surface area contributed by atoms with E-state index in [1.165, 1.54) is 5.56 Å². The van der Waals surface area contributed by atoms with Crippen molar-refractivity contribution in [2.45, 2.75) is 26.7 Å². The lowest BCUT2D eigenvalue weighted by molar-refractivity contribution is -0.154. The number of rotatable bonds is 3. The van der Waals surface area contributed by atoms with Gasteiger partial charge in [-0.05, 0) is 30.5 Å². The molecule has 0 aromatic heterocycles. The van der Waals surface area contributed by atoms with E-state index in [4.69, 9.17) is 4.74 Å². The molecule has 0 N–H and O–H groups in total. The molecule has 1 aliphatic rings. The van der Waals surface area contributed by atoms with Gasteiger partial charge in [0.05, 0.1) is 18.6 Å². The van der Waals surface area contributed by atoms with E-state index < -0.39 is 0 Å². The molecule has 0 saturated carbocycles. The Bertz CT molecular complexity index is 432. The first kappa shape index (κ1) is 13.1. The van der Waals surface area contributed by atoms with Crippen LogP contribution in [0.5, 0.6) is 0 Å². The van der Waals surface area contributed by atoms with E-state index in [9.17, 15) is 4.79 Å². The fourth-order valence-corrected chi connectivity index (χ4v) is 2.14. The summed E-state index contributed by atoms with van der Waals surface area (Å²) < 4.78 is 5.15. The minimum absolute atomic E-state index is 0.131. The Kier molecular flexibility index (Phi) is 3.44. The Balaban J connectivity index is 2.13. The van der Waals surface area contributed by atoms with Crippen LogP contribution in [0.4, 0.5) is 5.69 Å². The fraction of sp³-hybridized carbons (Fsp3) is 0.533. The molecule has 98 valence electrons. The maximum Gasteiger partial charge on any atom is 0.237 e. The third-order valence-electron chi connectivity index (χ3n) is 3.61. The van der Waals surface area contributed by atoms with Crippen LogP contribution >= 0.6 is 0 Å². The van der Waals surface area contributed by atoms with Crippen molar-refractivity contribution in [3.8, 4) is 0 Å². The number of hydrogen-bond donors (Lipinski definition) is 0. The molecule has 1 fully saturated rings. The maximum atomic E-state index is 12.3. The third-order valence-corrected chi connectivity index (χ3v) is 3.61. The Morgan fingerprint density at radius 3 is 2.22 bits per heavy atom. The van der Waals surface area contributed by atoms with Gasteiger partial charge in [0.1, 0.15) is 0 Å². The first-order chi connectivity index (χ1) is 8.44. The van der Waals surface area contributed by atoms with E-state index in [1.54, 1.807) is 4.90 Å². The molecule has 0 spiro atoms. The topological polar surface area (TPSA) is 29.5 Å². The summed E-state index contributed by atoms with van der Waals surface area (Å²) in [5.41, 5.74) is 1.89. The molecule has 0 aliphatic carbocycles. The van der Waals surface area contributed by atoms with Crippen molar-refractivity contribution in [2.24, 2.45) is 5.41 Å². The zero-order valence-electron chi connectivity index (χ0n) is 11.6. The second-order valence-electron chi connectivity index (χ2n) is 5.66. The molecule has 1 saturated heterocycles. The molecule has 3 nitrogen and oxygen atoms in total. The van der Waals surface area contributed by atoms with Gasteiger partial charge in [-0.15, -0.1) is 0 Å². The number of hydrogen-bond acceptors (Lipinski definition) is 2. The van der Waals surface area contributed by atoms with E-state index in [2.05, 4.69) is 26.0 Å². The molecule has 1 heterocycles. The van der Waals surface area contributed by atoms with Crippen molar-refractivity contribution in [1.29, 1.82) is 0 Å². The van der Waals surface area contributed by atoms with Gasteiger partial charge in [0.2, 0.25) is 5.91 Å². The Morgan fingerprint density at radius 2 is 1.83 bits per heavy atom. The molecule has 0 bridgehead atoms. The van der Waals surface area contributed by atoms with E-state index in [-0.39, 0.29) is 11.3 Å². The van der Waals surface area contributed by atoms with Gasteiger partial charge in [-0.3, -0.25) is 4.79 Å². The molecular weight excluding hydrogens is 226 g/mol. The number of carbonyl (C=O) groups excluding carboxylic acids is 1. The summed E-state index contributed by atoms with van der Waals surface area (Å²) >= 11 is 0. The Labute approximate surface area is 109 Å². The zero-order chi connectivity index (χ0) is 13.3. The Morgan fingerprint density at radius 1 is 1.28 bits per heavy atom. The molecule has 1 amide bonds. The largest absolute Gasteiger partial charge is 0.379 e. The van der Waals surface area contributed by atoms with Crippen LogP contribution < -0.4 is 4.90 Å². The minimum atomic E-state index is -0.342. The number of carbonyl (C=O) groups is 1. The predicted octanol–water partition coefficient (Wildman–Crippen LogP) is 2.81. The number of ether oxygens (including phenoxy) is 1. The lowest BCUT2D eigenvalue weighted by Crippen LogP contribution is -2.52. The Hall–Kier alpha value is -1.35. The van der Waals surface area contributed by atoms with Crippen molar-refractivity contribution in [1.82, 2.24) is 0 Å². The molecule has 0 radical (unpaired) electrons. The summed E-state index contributed by atoms with van der Waals surface area (Å²) in [6.45, 7) is 7.34. The van der Waals surface area contributed by atoms with Gasteiger partial charge < -0.3 is 9.64 Å². The second-order valence-corrected chi connectivity index (χ2v) is 5.66. The van der Waals surface area contributed by atoms with Gasteiger partial charge in [-0.2, -0.15) is 0 Å². The van der Waals surface area contributed by atoms with Crippen molar-refractivity contribution in [2.75, 3.05) is 25.2 Å². The highest BCUT2D eigenvalue weighted by Crippen LogP contribution is 2.30. The van der Waals surface area contributed by atoms with Gasteiger partial charge >= 0.3 is 0 Å². The van der Waals surface area contributed by atoms with Gasteiger partial charge in [0.15, 0.2) is 0 Å². The summed E-state index contributed by atoms with van der Waals surface area (Å²) in [6, 6.07) is 8.19. The van der Waals surface area contributed by atoms with Crippen molar-refractivity contribution >= 4 is 11.6 Å². The normalized spacial score (nSPS) is 17.4. The average molecular weight is 247 g/mol. The van der Waals surface area contributed by atoms with Crippen molar-refractivity contribution < 1.29 is 9.53 Å².